The van der Waals surface area contributed by atoms with Crippen molar-refractivity contribution in [2.24, 2.45) is 0 Å². The minimum absolute atomic E-state index is 0.0623. The van der Waals surface area contributed by atoms with Gasteiger partial charge in [-0.3, -0.25) is 4.79 Å². The van der Waals surface area contributed by atoms with Crippen LogP contribution in [0.15, 0.2) is 0 Å². The number of rotatable bonds is 0. The maximum atomic E-state index is 10.7. The lowest BCUT2D eigenvalue weighted by atomic mass is 10.1. The van der Waals surface area contributed by atoms with Crippen LogP contribution >= 0.6 is 8.61 Å². The van der Waals surface area contributed by atoms with Crippen LogP contribution in [0, 0.1) is 0 Å². The van der Waals surface area contributed by atoms with E-state index in [2.05, 4.69) is 5.09 Å². The smallest absolute Gasteiger partial charge is 0.302 e. The predicted molar refractivity (Wildman–Crippen MR) is 44.0 cm³/mol. The summed E-state index contributed by atoms with van der Waals surface area (Å²) in [5, 5.41) is 3.18. The second-order valence-corrected chi connectivity index (χ2v) is 3.27. The van der Waals surface area contributed by atoms with Crippen LogP contribution in [-0.4, -0.2) is 26.0 Å². The number of ether oxygens (including phenoxy) is 1. The molecule has 0 aromatic rings. The Morgan fingerprint density at radius 3 is 3.40 bits per heavy atom. The Bertz CT molecular complexity index is 110. The SMILES string of the molecule is O=C1BPNCCCCO1. The summed E-state index contributed by atoms with van der Waals surface area (Å²) in [6.07, 6.45) is 2.10. The van der Waals surface area contributed by atoms with Crippen LogP contribution in [0.1, 0.15) is 12.8 Å². The third-order valence-electron chi connectivity index (χ3n) is 1.32. The Hall–Kier alpha value is -0.0751. The number of cyclic esters (lactones) is 1. The molecule has 1 rings (SSSR count). The molecular weight excluding hydrogens is 148 g/mol. The van der Waals surface area contributed by atoms with Crippen molar-refractivity contribution in [1.29, 1.82) is 0 Å². The Morgan fingerprint density at radius 1 is 1.60 bits per heavy atom. The highest BCUT2D eigenvalue weighted by Crippen LogP contribution is 2.04. The van der Waals surface area contributed by atoms with Crippen molar-refractivity contribution in [3.8, 4) is 0 Å². The number of nitrogens with one attached hydrogen (secondary N) is 1. The quantitative estimate of drug-likeness (QED) is 0.411. The molecule has 0 aromatic heterocycles. The second kappa shape index (κ2) is 4.70. The average Bonchev–Trinajstić information content (AvgIpc) is 2.02. The minimum Gasteiger partial charge on any atom is -0.474 e. The lowest BCUT2D eigenvalue weighted by molar-refractivity contribution is 0.171. The second-order valence-electron chi connectivity index (χ2n) is 2.21. The number of carbonyl (C=O) groups is 1. The molecule has 1 fully saturated rings. The fourth-order valence-corrected chi connectivity index (χ4v) is 1.50. The van der Waals surface area contributed by atoms with Crippen LogP contribution in [0.3, 0.4) is 0 Å². The van der Waals surface area contributed by atoms with Gasteiger partial charge in [-0.15, -0.1) is 0 Å². The Morgan fingerprint density at radius 2 is 2.50 bits per heavy atom. The third-order valence-corrected chi connectivity index (χ3v) is 2.28. The minimum atomic E-state index is -0.0623. The first-order valence-corrected chi connectivity index (χ1v) is 4.71. The van der Waals surface area contributed by atoms with E-state index in [-0.39, 0.29) is 5.87 Å². The molecule has 0 aliphatic carbocycles. The van der Waals surface area contributed by atoms with E-state index in [9.17, 15) is 4.79 Å². The highest BCUT2D eigenvalue weighted by Gasteiger charge is 2.06. The summed E-state index contributed by atoms with van der Waals surface area (Å²) >= 11 is 0. The molecular formula is C5H11BNO2P. The zero-order chi connectivity index (χ0) is 7.23. The molecule has 10 heavy (non-hydrogen) atoms. The average molecular weight is 159 g/mol. The van der Waals surface area contributed by atoms with Gasteiger partial charge in [0.15, 0.2) is 0 Å². The van der Waals surface area contributed by atoms with Gasteiger partial charge in [0.05, 0.1) is 6.61 Å². The molecule has 1 atom stereocenters. The number of hydrogen-bond acceptors (Lipinski definition) is 3. The summed E-state index contributed by atoms with van der Waals surface area (Å²) in [6, 6.07) is 0. The molecule has 1 aliphatic heterocycles. The molecule has 5 heteroatoms. The fourth-order valence-electron chi connectivity index (χ4n) is 0.776. The Balaban J connectivity index is 2.21. The van der Waals surface area contributed by atoms with Gasteiger partial charge < -0.3 is 9.82 Å². The molecule has 0 bridgehead atoms. The van der Waals surface area contributed by atoms with Gasteiger partial charge in [0, 0.05) is 0 Å². The normalized spacial score (nSPS) is 23.8. The van der Waals surface area contributed by atoms with Crippen LogP contribution in [0.25, 0.3) is 0 Å². The summed E-state index contributed by atoms with van der Waals surface area (Å²) in [7, 11) is 0.542. The van der Waals surface area contributed by atoms with Gasteiger partial charge >= 0.3 is 7.00 Å². The maximum Gasteiger partial charge on any atom is 0.302 e. The number of hydrogen-bond donors (Lipinski definition) is 1. The van der Waals surface area contributed by atoms with E-state index in [4.69, 9.17) is 4.74 Å². The van der Waals surface area contributed by atoms with E-state index < -0.39 is 0 Å². The van der Waals surface area contributed by atoms with E-state index in [1.54, 1.807) is 0 Å². The highest BCUT2D eigenvalue weighted by molar-refractivity contribution is 7.74. The third kappa shape index (κ3) is 3.18. The van der Waals surface area contributed by atoms with Crippen LogP contribution < -0.4 is 5.09 Å². The lowest BCUT2D eigenvalue weighted by Crippen LogP contribution is -2.09. The molecule has 1 saturated heterocycles. The monoisotopic (exact) mass is 159 g/mol. The van der Waals surface area contributed by atoms with Gasteiger partial charge in [-0.05, 0) is 19.4 Å². The molecule has 1 N–H and O–H groups in total. The molecule has 1 unspecified atom stereocenters. The van der Waals surface area contributed by atoms with Crippen molar-refractivity contribution in [1.82, 2.24) is 5.09 Å². The van der Waals surface area contributed by atoms with Crippen LogP contribution in [0.4, 0.5) is 4.79 Å². The van der Waals surface area contributed by atoms with Crippen molar-refractivity contribution in [3.05, 3.63) is 0 Å². The topological polar surface area (TPSA) is 38.3 Å². The molecule has 56 valence electrons. The summed E-state index contributed by atoms with van der Waals surface area (Å²) in [4.78, 5) is 10.7. The molecule has 1 heterocycles. The zero-order valence-corrected chi connectivity index (χ0v) is 6.85. The van der Waals surface area contributed by atoms with Gasteiger partial charge in [0.25, 0.3) is 5.87 Å². The highest BCUT2D eigenvalue weighted by atomic mass is 31.1. The fraction of sp³-hybridized carbons (Fsp3) is 0.800. The molecule has 0 amide bonds. The first-order valence-electron chi connectivity index (χ1n) is 3.51. The summed E-state index contributed by atoms with van der Waals surface area (Å²) in [5.41, 5.74) is 0. The van der Waals surface area contributed by atoms with Crippen LogP contribution in [0.2, 0.25) is 0 Å². The Labute approximate surface area is 62.9 Å². The lowest BCUT2D eigenvalue weighted by Gasteiger charge is -1.98. The van der Waals surface area contributed by atoms with Crippen molar-refractivity contribution < 1.29 is 9.53 Å². The van der Waals surface area contributed by atoms with Crippen molar-refractivity contribution in [3.63, 3.8) is 0 Å². The molecule has 0 aromatic carbocycles. The van der Waals surface area contributed by atoms with E-state index in [0.717, 1.165) is 19.4 Å². The van der Waals surface area contributed by atoms with Gasteiger partial charge in [0.2, 0.25) is 0 Å². The van der Waals surface area contributed by atoms with Crippen molar-refractivity contribution in [2.45, 2.75) is 12.8 Å². The summed E-state index contributed by atoms with van der Waals surface area (Å²) in [5.74, 6) is -0.0623. The van der Waals surface area contributed by atoms with Gasteiger partial charge in [-0.1, -0.05) is 8.61 Å². The molecule has 0 saturated carbocycles. The first kappa shape index (κ1) is 8.03. The van der Waals surface area contributed by atoms with Gasteiger partial charge in [0.1, 0.15) is 0 Å². The first-order chi connectivity index (χ1) is 4.89. The predicted octanol–water partition coefficient (Wildman–Crippen LogP) is 0.451. The molecule has 0 spiro atoms. The standard InChI is InChI=1S/C5H11BNO2P/c8-5-6-10-7-3-1-2-4-9-5/h6-7,10H,1-4H2. The Kier molecular flexibility index (Phi) is 3.77. The van der Waals surface area contributed by atoms with E-state index >= 15 is 0 Å². The largest absolute Gasteiger partial charge is 0.474 e. The van der Waals surface area contributed by atoms with E-state index in [0.29, 0.717) is 22.2 Å². The molecule has 1 aliphatic rings. The molecule has 3 nitrogen and oxygen atoms in total. The van der Waals surface area contributed by atoms with Crippen LogP contribution in [0.5, 0.6) is 0 Å². The zero-order valence-electron chi connectivity index (χ0n) is 5.85. The number of carbonyl (C=O) groups excluding carboxylic acids is 1. The summed E-state index contributed by atoms with van der Waals surface area (Å²) in [6.45, 7) is 2.17. The maximum absolute atomic E-state index is 10.7. The van der Waals surface area contributed by atoms with Crippen molar-refractivity contribution in [2.75, 3.05) is 13.2 Å². The van der Waals surface area contributed by atoms with Crippen molar-refractivity contribution >= 4 is 21.5 Å². The van der Waals surface area contributed by atoms with Gasteiger partial charge in [-0.2, -0.15) is 0 Å². The molecule has 0 radical (unpaired) electrons. The van der Waals surface area contributed by atoms with Gasteiger partial charge in [-0.25, -0.2) is 0 Å². The summed E-state index contributed by atoms with van der Waals surface area (Å²) < 4.78 is 4.89. The van der Waals surface area contributed by atoms with E-state index in [1.165, 1.54) is 0 Å². The van der Waals surface area contributed by atoms with Crippen LogP contribution in [-0.2, 0) is 4.74 Å². The van der Waals surface area contributed by atoms with E-state index in [1.807, 2.05) is 0 Å².